The van der Waals surface area contributed by atoms with Crippen LogP contribution in [0.25, 0.3) is 0 Å². The summed E-state index contributed by atoms with van der Waals surface area (Å²) in [4.78, 5) is 33.5. The van der Waals surface area contributed by atoms with Gasteiger partial charge in [-0.15, -0.1) is 0 Å². The predicted molar refractivity (Wildman–Crippen MR) is 82.9 cm³/mol. The van der Waals surface area contributed by atoms with Gasteiger partial charge in [-0.3, -0.25) is 14.9 Å². The second-order valence-corrected chi connectivity index (χ2v) is 5.12. The van der Waals surface area contributed by atoms with Crippen LogP contribution in [-0.2, 0) is 9.53 Å². The summed E-state index contributed by atoms with van der Waals surface area (Å²) in [5.41, 5.74) is -1.37. The van der Waals surface area contributed by atoms with Gasteiger partial charge in [-0.25, -0.2) is 13.6 Å². The molecule has 0 spiro atoms. The zero-order valence-electron chi connectivity index (χ0n) is 13.2. The Bertz CT molecular complexity index is 868. The van der Waals surface area contributed by atoms with Crippen molar-refractivity contribution in [2.24, 2.45) is 0 Å². The minimum atomic E-state index is -1.39. The number of halogens is 3. The van der Waals surface area contributed by atoms with Crippen LogP contribution in [0.1, 0.15) is 17.3 Å². The number of carbonyl (C=O) groups is 2. The molecule has 0 saturated heterocycles. The smallest absolute Gasteiger partial charge is 0.339 e. The molecule has 1 amide bonds. The van der Waals surface area contributed by atoms with Gasteiger partial charge in [0.25, 0.3) is 5.91 Å². The third kappa shape index (κ3) is 4.56. The van der Waals surface area contributed by atoms with Gasteiger partial charge in [0.2, 0.25) is 5.82 Å². The quantitative estimate of drug-likeness (QED) is 0.496. The summed E-state index contributed by atoms with van der Waals surface area (Å²) in [6, 6.07) is 4.70. The second-order valence-electron chi connectivity index (χ2n) is 5.12. The lowest BCUT2D eigenvalue weighted by Gasteiger charge is -2.13. The highest BCUT2D eigenvalue weighted by molar-refractivity contribution is 5.97. The van der Waals surface area contributed by atoms with Gasteiger partial charge in [-0.1, -0.05) is 0 Å². The molecule has 0 saturated carbocycles. The molecule has 1 N–H and O–H groups in total. The molecule has 1 atom stereocenters. The van der Waals surface area contributed by atoms with Crippen LogP contribution >= 0.6 is 0 Å². The summed E-state index contributed by atoms with van der Waals surface area (Å²) in [5, 5.41) is 12.9. The summed E-state index contributed by atoms with van der Waals surface area (Å²) in [7, 11) is 0. The molecular weight excluding hydrogens is 357 g/mol. The van der Waals surface area contributed by atoms with Crippen LogP contribution < -0.4 is 5.32 Å². The molecule has 0 aliphatic carbocycles. The molecule has 0 bridgehead atoms. The molecule has 26 heavy (non-hydrogen) atoms. The monoisotopic (exact) mass is 368 g/mol. The van der Waals surface area contributed by atoms with Gasteiger partial charge >= 0.3 is 11.7 Å². The first-order chi connectivity index (χ1) is 12.2. The van der Waals surface area contributed by atoms with Crippen LogP contribution in [0.3, 0.4) is 0 Å². The summed E-state index contributed by atoms with van der Waals surface area (Å²) in [6.07, 6.45) is -1.39. The van der Waals surface area contributed by atoms with Crippen molar-refractivity contribution in [2.45, 2.75) is 13.0 Å². The number of rotatable bonds is 5. The zero-order valence-corrected chi connectivity index (χ0v) is 13.2. The van der Waals surface area contributed by atoms with E-state index in [4.69, 9.17) is 4.74 Å². The highest BCUT2D eigenvalue weighted by Gasteiger charge is 2.21. The molecule has 0 aliphatic heterocycles. The Morgan fingerprint density at radius 1 is 1.12 bits per heavy atom. The van der Waals surface area contributed by atoms with Crippen LogP contribution in [0, 0.1) is 27.6 Å². The number of nitro benzene ring substituents is 1. The molecule has 2 aromatic rings. The fourth-order valence-corrected chi connectivity index (χ4v) is 1.93. The number of benzene rings is 2. The Balaban J connectivity index is 2.06. The lowest BCUT2D eigenvalue weighted by Crippen LogP contribution is -2.30. The van der Waals surface area contributed by atoms with Crippen molar-refractivity contribution in [2.75, 3.05) is 5.32 Å². The van der Waals surface area contributed by atoms with Gasteiger partial charge in [0, 0.05) is 17.8 Å². The van der Waals surface area contributed by atoms with Gasteiger partial charge in [0.1, 0.15) is 11.6 Å². The molecule has 0 aromatic heterocycles. The molecule has 0 radical (unpaired) electrons. The summed E-state index contributed by atoms with van der Waals surface area (Å²) in [6.45, 7) is 1.18. The van der Waals surface area contributed by atoms with E-state index in [9.17, 15) is 32.9 Å². The van der Waals surface area contributed by atoms with Gasteiger partial charge in [-0.2, -0.15) is 4.39 Å². The molecule has 0 fully saturated rings. The number of anilines is 1. The van der Waals surface area contributed by atoms with Gasteiger partial charge in [0.05, 0.1) is 10.5 Å². The van der Waals surface area contributed by atoms with Crippen molar-refractivity contribution in [3.63, 3.8) is 0 Å². The van der Waals surface area contributed by atoms with E-state index in [0.717, 1.165) is 30.3 Å². The standard InChI is InChI=1S/C16H11F3N2O5/c1-8(26-16(23)9-4-10(17)6-11(18)5-9)15(22)20-12-2-3-13(19)14(7-12)21(24)25/h2-8H,1H3,(H,20,22)/t8-/m1/s1. The molecule has 10 heteroatoms. The number of nitrogens with one attached hydrogen (secondary N) is 1. The number of esters is 1. The number of nitro groups is 1. The van der Waals surface area contributed by atoms with E-state index in [-0.39, 0.29) is 5.69 Å². The Labute approximate surface area is 144 Å². The van der Waals surface area contributed by atoms with E-state index < -0.39 is 51.6 Å². The highest BCUT2D eigenvalue weighted by Crippen LogP contribution is 2.22. The van der Waals surface area contributed by atoms with Crippen LogP contribution in [0.2, 0.25) is 0 Å². The normalized spacial score (nSPS) is 11.5. The fourth-order valence-electron chi connectivity index (χ4n) is 1.93. The topological polar surface area (TPSA) is 98.5 Å². The molecular formula is C16H11F3N2O5. The molecule has 2 aromatic carbocycles. The Morgan fingerprint density at radius 3 is 2.31 bits per heavy atom. The number of carbonyl (C=O) groups excluding carboxylic acids is 2. The average molecular weight is 368 g/mol. The molecule has 0 heterocycles. The highest BCUT2D eigenvalue weighted by atomic mass is 19.1. The predicted octanol–water partition coefficient (Wildman–Crippen LogP) is 3.20. The largest absolute Gasteiger partial charge is 0.449 e. The van der Waals surface area contributed by atoms with E-state index in [1.165, 1.54) is 6.92 Å². The maximum absolute atomic E-state index is 13.3. The Kier molecular flexibility index (Phi) is 5.55. The van der Waals surface area contributed by atoms with Crippen molar-refractivity contribution in [1.82, 2.24) is 0 Å². The molecule has 7 nitrogen and oxygen atoms in total. The molecule has 2 rings (SSSR count). The van der Waals surface area contributed by atoms with Gasteiger partial charge in [-0.05, 0) is 31.2 Å². The van der Waals surface area contributed by atoms with Crippen molar-refractivity contribution in [1.29, 1.82) is 0 Å². The number of hydrogen-bond acceptors (Lipinski definition) is 5. The van der Waals surface area contributed by atoms with Crippen LogP contribution in [0.5, 0.6) is 0 Å². The van der Waals surface area contributed by atoms with E-state index in [1.807, 2.05) is 0 Å². The van der Waals surface area contributed by atoms with E-state index >= 15 is 0 Å². The van der Waals surface area contributed by atoms with E-state index in [0.29, 0.717) is 6.07 Å². The Hall–Kier alpha value is -3.43. The molecule has 136 valence electrons. The van der Waals surface area contributed by atoms with Crippen LogP contribution in [-0.4, -0.2) is 22.9 Å². The molecule has 0 unspecified atom stereocenters. The first-order valence-electron chi connectivity index (χ1n) is 7.09. The third-order valence-corrected chi connectivity index (χ3v) is 3.16. The van der Waals surface area contributed by atoms with Gasteiger partial charge < -0.3 is 10.1 Å². The summed E-state index contributed by atoms with van der Waals surface area (Å²) < 4.78 is 44.2. The van der Waals surface area contributed by atoms with Crippen LogP contribution in [0.15, 0.2) is 36.4 Å². The summed E-state index contributed by atoms with van der Waals surface area (Å²) >= 11 is 0. The third-order valence-electron chi connectivity index (χ3n) is 3.16. The van der Waals surface area contributed by atoms with E-state index in [1.54, 1.807) is 0 Å². The molecule has 0 aliphatic rings. The zero-order chi connectivity index (χ0) is 19.4. The van der Waals surface area contributed by atoms with Crippen molar-refractivity contribution >= 4 is 23.3 Å². The van der Waals surface area contributed by atoms with E-state index in [2.05, 4.69) is 5.32 Å². The minimum Gasteiger partial charge on any atom is -0.449 e. The minimum absolute atomic E-state index is 0.0946. The van der Waals surface area contributed by atoms with Crippen molar-refractivity contribution < 1.29 is 32.4 Å². The first-order valence-corrected chi connectivity index (χ1v) is 7.09. The SMILES string of the molecule is C[C@@H](OC(=O)c1cc(F)cc(F)c1)C(=O)Nc1ccc(F)c([N+](=O)[O-])c1. The Morgan fingerprint density at radius 2 is 1.73 bits per heavy atom. The second kappa shape index (κ2) is 7.64. The van der Waals surface area contributed by atoms with Gasteiger partial charge in [0.15, 0.2) is 6.10 Å². The summed E-state index contributed by atoms with van der Waals surface area (Å²) in [5.74, 6) is -5.09. The van der Waals surface area contributed by atoms with Crippen molar-refractivity contribution in [3.8, 4) is 0 Å². The lowest BCUT2D eigenvalue weighted by molar-refractivity contribution is -0.387. The average Bonchev–Trinajstić information content (AvgIpc) is 2.55. The fraction of sp³-hybridized carbons (Fsp3) is 0.125. The number of ether oxygens (including phenoxy) is 1. The number of amides is 1. The first kappa shape index (κ1) is 18.9. The maximum atomic E-state index is 13.3. The number of hydrogen-bond donors (Lipinski definition) is 1. The van der Waals surface area contributed by atoms with Crippen molar-refractivity contribution in [3.05, 3.63) is 69.5 Å². The maximum Gasteiger partial charge on any atom is 0.339 e. The lowest BCUT2D eigenvalue weighted by atomic mass is 10.2. The number of nitrogens with zero attached hydrogens (tertiary/aromatic N) is 1. The van der Waals surface area contributed by atoms with Crippen LogP contribution in [0.4, 0.5) is 24.5 Å².